The standard InChI is InChI=1S/C12H14N3/c1-2-3-7-15-9-12(14-10-15)11-5-4-6-13-8-11/h4-6,8-10H,1-3,7H2. The topological polar surface area (TPSA) is 30.7 Å². The van der Waals surface area contributed by atoms with E-state index >= 15 is 0 Å². The molecule has 0 atom stereocenters. The second-order valence-corrected chi connectivity index (χ2v) is 3.45. The van der Waals surface area contributed by atoms with Gasteiger partial charge in [0.25, 0.3) is 0 Å². The van der Waals surface area contributed by atoms with Gasteiger partial charge in [0.15, 0.2) is 0 Å². The third kappa shape index (κ3) is 2.43. The second kappa shape index (κ2) is 4.73. The molecule has 0 unspecified atom stereocenters. The molecule has 3 heteroatoms. The summed E-state index contributed by atoms with van der Waals surface area (Å²) >= 11 is 0. The van der Waals surface area contributed by atoms with Crippen LogP contribution in [0.2, 0.25) is 0 Å². The summed E-state index contributed by atoms with van der Waals surface area (Å²) < 4.78 is 2.09. The Balaban J connectivity index is 2.14. The van der Waals surface area contributed by atoms with E-state index in [1.807, 2.05) is 30.9 Å². The zero-order chi connectivity index (χ0) is 10.5. The van der Waals surface area contributed by atoms with E-state index in [1.165, 1.54) is 0 Å². The summed E-state index contributed by atoms with van der Waals surface area (Å²) in [6.07, 6.45) is 9.55. The monoisotopic (exact) mass is 200 g/mol. The van der Waals surface area contributed by atoms with Gasteiger partial charge in [-0.15, -0.1) is 0 Å². The lowest BCUT2D eigenvalue weighted by Gasteiger charge is -1.98. The quantitative estimate of drug-likeness (QED) is 0.759. The number of imidazole rings is 1. The Morgan fingerprint density at radius 1 is 1.40 bits per heavy atom. The highest BCUT2D eigenvalue weighted by Gasteiger charge is 2.00. The number of hydrogen-bond acceptors (Lipinski definition) is 2. The molecule has 0 saturated carbocycles. The Hall–Kier alpha value is -1.64. The summed E-state index contributed by atoms with van der Waals surface area (Å²) in [4.78, 5) is 8.42. The molecule has 2 rings (SSSR count). The minimum atomic E-state index is 0.959. The van der Waals surface area contributed by atoms with Crippen LogP contribution in [0.15, 0.2) is 37.1 Å². The molecule has 2 aromatic rings. The molecular weight excluding hydrogens is 186 g/mol. The molecular formula is C12H14N3. The van der Waals surface area contributed by atoms with Crippen molar-refractivity contribution in [2.45, 2.75) is 19.4 Å². The molecule has 0 saturated heterocycles. The smallest absolute Gasteiger partial charge is 0.0953 e. The molecule has 0 fully saturated rings. The Morgan fingerprint density at radius 3 is 3.07 bits per heavy atom. The highest BCUT2D eigenvalue weighted by Crippen LogP contribution is 2.14. The summed E-state index contributed by atoms with van der Waals surface area (Å²) in [7, 11) is 0. The SMILES string of the molecule is [CH2]CCCn1cnc(-c2cccnc2)c1. The molecule has 2 aromatic heterocycles. The van der Waals surface area contributed by atoms with Crippen molar-refractivity contribution in [2.24, 2.45) is 0 Å². The highest BCUT2D eigenvalue weighted by atomic mass is 15.0. The van der Waals surface area contributed by atoms with Gasteiger partial charge in [0, 0.05) is 30.7 Å². The van der Waals surface area contributed by atoms with E-state index in [9.17, 15) is 0 Å². The fourth-order valence-electron chi connectivity index (χ4n) is 1.44. The van der Waals surface area contributed by atoms with Crippen LogP contribution in [-0.2, 0) is 6.54 Å². The fourth-order valence-corrected chi connectivity index (χ4v) is 1.44. The summed E-state index contributed by atoms with van der Waals surface area (Å²) in [5, 5.41) is 0. The van der Waals surface area contributed by atoms with E-state index in [0.29, 0.717) is 0 Å². The van der Waals surface area contributed by atoms with E-state index in [0.717, 1.165) is 30.6 Å². The Bertz CT molecular complexity index is 406. The maximum absolute atomic E-state index is 4.34. The largest absolute Gasteiger partial charge is 0.337 e. The zero-order valence-corrected chi connectivity index (χ0v) is 8.63. The molecule has 15 heavy (non-hydrogen) atoms. The Morgan fingerprint density at radius 2 is 2.33 bits per heavy atom. The average Bonchev–Trinajstić information content (AvgIpc) is 2.76. The third-order valence-corrected chi connectivity index (χ3v) is 2.26. The van der Waals surface area contributed by atoms with Gasteiger partial charge in [0.05, 0.1) is 12.0 Å². The number of rotatable bonds is 4. The van der Waals surface area contributed by atoms with Crippen LogP contribution < -0.4 is 0 Å². The third-order valence-electron chi connectivity index (χ3n) is 2.26. The van der Waals surface area contributed by atoms with E-state index in [1.54, 1.807) is 6.20 Å². The van der Waals surface area contributed by atoms with Gasteiger partial charge in [-0.05, 0) is 18.6 Å². The molecule has 0 spiro atoms. The Labute approximate surface area is 89.8 Å². The predicted octanol–water partition coefficient (Wildman–Crippen LogP) is 2.56. The van der Waals surface area contributed by atoms with Gasteiger partial charge in [0.1, 0.15) is 0 Å². The van der Waals surface area contributed by atoms with Crippen molar-refractivity contribution in [3.8, 4) is 11.3 Å². The number of hydrogen-bond donors (Lipinski definition) is 0. The fraction of sp³-hybridized carbons (Fsp3) is 0.250. The van der Waals surface area contributed by atoms with Crippen LogP contribution >= 0.6 is 0 Å². The van der Waals surface area contributed by atoms with Crippen LogP contribution in [-0.4, -0.2) is 14.5 Å². The summed E-state index contributed by atoms with van der Waals surface area (Å²) in [5.41, 5.74) is 2.04. The normalized spacial score (nSPS) is 10.5. The van der Waals surface area contributed by atoms with Gasteiger partial charge in [-0.1, -0.05) is 13.3 Å². The minimum Gasteiger partial charge on any atom is -0.337 e. The lowest BCUT2D eigenvalue weighted by atomic mass is 10.2. The molecule has 3 nitrogen and oxygen atoms in total. The molecule has 1 radical (unpaired) electrons. The van der Waals surface area contributed by atoms with Crippen LogP contribution in [0.25, 0.3) is 11.3 Å². The average molecular weight is 200 g/mol. The second-order valence-electron chi connectivity index (χ2n) is 3.45. The van der Waals surface area contributed by atoms with Gasteiger partial charge >= 0.3 is 0 Å². The zero-order valence-electron chi connectivity index (χ0n) is 8.63. The summed E-state index contributed by atoms with van der Waals surface area (Å²) in [5.74, 6) is 0. The van der Waals surface area contributed by atoms with Crippen molar-refractivity contribution in [3.63, 3.8) is 0 Å². The maximum atomic E-state index is 4.34. The Kier molecular flexibility index (Phi) is 3.12. The van der Waals surface area contributed by atoms with Crippen LogP contribution in [0.3, 0.4) is 0 Å². The first-order valence-electron chi connectivity index (χ1n) is 5.11. The van der Waals surface area contributed by atoms with Crippen molar-refractivity contribution in [2.75, 3.05) is 0 Å². The number of pyridine rings is 1. The van der Waals surface area contributed by atoms with Gasteiger partial charge in [-0.25, -0.2) is 4.98 Å². The molecule has 0 aromatic carbocycles. The van der Waals surface area contributed by atoms with E-state index < -0.39 is 0 Å². The van der Waals surface area contributed by atoms with Crippen LogP contribution in [0.4, 0.5) is 0 Å². The predicted molar refractivity (Wildman–Crippen MR) is 60.0 cm³/mol. The molecule has 0 aliphatic carbocycles. The van der Waals surface area contributed by atoms with Gasteiger partial charge in [0.2, 0.25) is 0 Å². The molecule has 0 N–H and O–H groups in total. The molecule has 2 heterocycles. The number of aromatic nitrogens is 3. The molecule has 0 bridgehead atoms. The van der Waals surface area contributed by atoms with E-state index in [4.69, 9.17) is 0 Å². The molecule has 0 aliphatic rings. The highest BCUT2D eigenvalue weighted by molar-refractivity contribution is 5.56. The number of unbranched alkanes of at least 4 members (excludes halogenated alkanes) is 1. The molecule has 77 valence electrons. The first-order valence-corrected chi connectivity index (χ1v) is 5.11. The van der Waals surface area contributed by atoms with Crippen LogP contribution in [0.5, 0.6) is 0 Å². The lowest BCUT2D eigenvalue weighted by molar-refractivity contribution is 0.648. The minimum absolute atomic E-state index is 0.959. The first-order chi connectivity index (χ1) is 7.40. The molecule has 0 amide bonds. The molecule has 0 aliphatic heterocycles. The van der Waals surface area contributed by atoms with Crippen molar-refractivity contribution >= 4 is 0 Å². The van der Waals surface area contributed by atoms with E-state index in [-0.39, 0.29) is 0 Å². The summed E-state index contributed by atoms with van der Waals surface area (Å²) in [6.45, 7) is 4.80. The van der Waals surface area contributed by atoms with Crippen molar-refractivity contribution < 1.29 is 0 Å². The summed E-state index contributed by atoms with van der Waals surface area (Å²) in [6, 6.07) is 3.94. The number of aryl methyl sites for hydroxylation is 1. The maximum Gasteiger partial charge on any atom is 0.0953 e. The number of nitrogens with zero attached hydrogens (tertiary/aromatic N) is 3. The van der Waals surface area contributed by atoms with Crippen molar-refractivity contribution in [1.29, 1.82) is 0 Å². The van der Waals surface area contributed by atoms with Gasteiger partial charge in [-0.3, -0.25) is 4.98 Å². The first kappa shape index (κ1) is 9.90. The van der Waals surface area contributed by atoms with Crippen LogP contribution in [0.1, 0.15) is 12.8 Å². The lowest BCUT2D eigenvalue weighted by Crippen LogP contribution is -1.92. The van der Waals surface area contributed by atoms with Crippen LogP contribution in [0, 0.1) is 6.92 Å². The van der Waals surface area contributed by atoms with Gasteiger partial charge < -0.3 is 4.57 Å². The van der Waals surface area contributed by atoms with Crippen molar-refractivity contribution in [3.05, 3.63) is 44.0 Å². The van der Waals surface area contributed by atoms with Gasteiger partial charge in [-0.2, -0.15) is 0 Å². The van der Waals surface area contributed by atoms with Crippen molar-refractivity contribution in [1.82, 2.24) is 14.5 Å². The van der Waals surface area contributed by atoms with E-state index in [2.05, 4.69) is 21.5 Å².